The third-order valence-electron chi connectivity index (χ3n) is 4.85. The molecular formula is C22H28N2O3. The number of methoxy groups -OCH3 is 1. The Morgan fingerprint density at radius 2 is 1.81 bits per heavy atom. The predicted molar refractivity (Wildman–Crippen MR) is 110 cm³/mol. The van der Waals surface area contributed by atoms with Crippen LogP contribution in [0.15, 0.2) is 29.3 Å². The molecule has 144 valence electrons. The van der Waals surface area contributed by atoms with Gasteiger partial charge in [-0.1, -0.05) is 20.8 Å². The van der Waals surface area contributed by atoms with E-state index in [1.54, 1.807) is 7.11 Å². The van der Waals surface area contributed by atoms with Crippen LogP contribution in [0.5, 0.6) is 11.5 Å². The molecule has 0 saturated carbocycles. The van der Waals surface area contributed by atoms with Crippen LogP contribution in [-0.2, 0) is 0 Å². The zero-order chi connectivity index (χ0) is 19.6. The SMILES string of the molecule is CCC1C=Nc2cc3cc(OC)c(OCC(C)C)cc3cc2C(=O)N1CC. The molecule has 1 aliphatic rings. The van der Waals surface area contributed by atoms with Crippen molar-refractivity contribution < 1.29 is 14.3 Å². The maximum absolute atomic E-state index is 13.1. The molecule has 0 N–H and O–H groups in total. The van der Waals surface area contributed by atoms with Crippen LogP contribution in [0.4, 0.5) is 5.69 Å². The number of aliphatic imine (C=N–C) groups is 1. The van der Waals surface area contributed by atoms with Crippen molar-refractivity contribution in [2.45, 2.75) is 40.2 Å². The van der Waals surface area contributed by atoms with Crippen molar-refractivity contribution in [2.24, 2.45) is 10.9 Å². The fraction of sp³-hybridized carbons (Fsp3) is 0.455. The summed E-state index contributed by atoms with van der Waals surface area (Å²) in [5.74, 6) is 1.83. The van der Waals surface area contributed by atoms with Gasteiger partial charge in [-0.2, -0.15) is 0 Å². The Labute approximate surface area is 161 Å². The fourth-order valence-electron chi connectivity index (χ4n) is 3.36. The number of hydrogen-bond acceptors (Lipinski definition) is 4. The second-order valence-electron chi connectivity index (χ2n) is 7.27. The van der Waals surface area contributed by atoms with Gasteiger partial charge in [-0.15, -0.1) is 0 Å². The number of rotatable bonds is 6. The van der Waals surface area contributed by atoms with Crippen molar-refractivity contribution >= 4 is 28.6 Å². The molecule has 0 aromatic heterocycles. The molecule has 0 bridgehead atoms. The average molecular weight is 368 g/mol. The van der Waals surface area contributed by atoms with Crippen LogP contribution in [0.3, 0.4) is 0 Å². The normalized spacial score (nSPS) is 16.6. The molecule has 1 unspecified atom stereocenters. The molecule has 1 amide bonds. The zero-order valence-electron chi connectivity index (χ0n) is 16.8. The minimum atomic E-state index is 0.0254. The van der Waals surface area contributed by atoms with Gasteiger partial charge in [-0.25, -0.2) is 0 Å². The second kappa shape index (κ2) is 7.99. The molecule has 2 aromatic carbocycles. The van der Waals surface area contributed by atoms with E-state index < -0.39 is 0 Å². The van der Waals surface area contributed by atoms with Crippen molar-refractivity contribution in [2.75, 3.05) is 20.3 Å². The van der Waals surface area contributed by atoms with Crippen molar-refractivity contribution in [3.63, 3.8) is 0 Å². The molecule has 1 aliphatic heterocycles. The summed E-state index contributed by atoms with van der Waals surface area (Å²) in [6.07, 6.45) is 2.73. The first-order valence-corrected chi connectivity index (χ1v) is 9.62. The van der Waals surface area contributed by atoms with Crippen molar-refractivity contribution in [3.05, 3.63) is 29.8 Å². The standard InChI is InChI=1S/C22H28N2O3/c1-6-17-12-23-19-9-16-10-20(26-5)21(27-13-14(3)4)11-15(16)8-18(19)22(25)24(17)7-2/h8-12,14,17H,6-7,13H2,1-5H3. The average Bonchev–Trinajstić information content (AvgIpc) is 2.79. The van der Waals surface area contributed by atoms with Gasteiger partial charge < -0.3 is 14.4 Å². The van der Waals surface area contributed by atoms with E-state index >= 15 is 0 Å². The highest BCUT2D eigenvalue weighted by molar-refractivity contribution is 6.06. The molecule has 3 rings (SSSR count). The van der Waals surface area contributed by atoms with Crippen LogP contribution in [0.1, 0.15) is 44.5 Å². The Hall–Kier alpha value is -2.56. The third kappa shape index (κ3) is 3.77. The van der Waals surface area contributed by atoms with Crippen LogP contribution in [-0.4, -0.2) is 43.3 Å². The van der Waals surface area contributed by atoms with Crippen LogP contribution in [0.25, 0.3) is 10.8 Å². The zero-order valence-corrected chi connectivity index (χ0v) is 16.8. The summed E-state index contributed by atoms with van der Waals surface area (Å²) in [7, 11) is 1.64. The van der Waals surface area contributed by atoms with E-state index in [0.29, 0.717) is 41.8 Å². The van der Waals surface area contributed by atoms with E-state index in [4.69, 9.17) is 9.47 Å². The maximum Gasteiger partial charge on any atom is 0.256 e. The van der Waals surface area contributed by atoms with Gasteiger partial charge in [-0.05, 0) is 54.3 Å². The van der Waals surface area contributed by atoms with E-state index in [1.165, 1.54) is 0 Å². The van der Waals surface area contributed by atoms with E-state index in [2.05, 4.69) is 25.8 Å². The first-order valence-electron chi connectivity index (χ1n) is 9.62. The van der Waals surface area contributed by atoms with Gasteiger partial charge in [0.25, 0.3) is 5.91 Å². The summed E-state index contributed by atoms with van der Waals surface area (Å²) in [6.45, 7) is 9.55. The van der Waals surface area contributed by atoms with Crippen molar-refractivity contribution in [1.82, 2.24) is 4.90 Å². The van der Waals surface area contributed by atoms with Gasteiger partial charge in [0.05, 0.1) is 31.0 Å². The van der Waals surface area contributed by atoms with Crippen molar-refractivity contribution in [3.8, 4) is 11.5 Å². The molecule has 1 atom stereocenters. The lowest BCUT2D eigenvalue weighted by Gasteiger charge is -2.26. The van der Waals surface area contributed by atoms with Gasteiger partial charge in [-0.3, -0.25) is 9.79 Å². The fourth-order valence-corrected chi connectivity index (χ4v) is 3.36. The Kier molecular flexibility index (Phi) is 5.68. The number of ether oxygens (including phenoxy) is 2. The smallest absolute Gasteiger partial charge is 0.256 e. The summed E-state index contributed by atoms with van der Waals surface area (Å²) in [6, 6.07) is 7.81. The van der Waals surface area contributed by atoms with Crippen LogP contribution >= 0.6 is 0 Å². The molecule has 27 heavy (non-hydrogen) atoms. The Balaban J connectivity index is 2.11. The monoisotopic (exact) mass is 368 g/mol. The number of benzene rings is 2. The largest absolute Gasteiger partial charge is 0.493 e. The van der Waals surface area contributed by atoms with Gasteiger partial charge in [0.1, 0.15) is 0 Å². The van der Waals surface area contributed by atoms with E-state index in [9.17, 15) is 4.79 Å². The number of amides is 1. The lowest BCUT2D eigenvalue weighted by atomic mass is 10.0. The molecule has 0 fully saturated rings. The summed E-state index contributed by atoms with van der Waals surface area (Å²) in [5.41, 5.74) is 1.34. The summed E-state index contributed by atoms with van der Waals surface area (Å²) >= 11 is 0. The molecule has 5 heteroatoms. The quantitative estimate of drug-likeness (QED) is 0.733. The lowest BCUT2D eigenvalue weighted by molar-refractivity contribution is 0.0738. The molecule has 2 aromatic rings. The highest BCUT2D eigenvalue weighted by Crippen LogP contribution is 2.37. The van der Waals surface area contributed by atoms with Crippen LogP contribution < -0.4 is 9.47 Å². The molecule has 1 heterocycles. The predicted octanol–water partition coefficient (Wildman–Crippen LogP) is 4.84. The van der Waals surface area contributed by atoms with E-state index in [-0.39, 0.29) is 11.9 Å². The van der Waals surface area contributed by atoms with Gasteiger partial charge in [0, 0.05) is 12.8 Å². The first kappa shape index (κ1) is 19.2. The van der Waals surface area contributed by atoms with Gasteiger partial charge in [0.15, 0.2) is 11.5 Å². The molecule has 0 aliphatic carbocycles. The number of fused-ring (bicyclic) bond motifs is 2. The van der Waals surface area contributed by atoms with Crippen LogP contribution in [0, 0.1) is 5.92 Å². The van der Waals surface area contributed by atoms with E-state index in [1.807, 2.05) is 42.3 Å². The lowest BCUT2D eigenvalue weighted by Crippen LogP contribution is -2.39. The Morgan fingerprint density at radius 1 is 1.11 bits per heavy atom. The highest BCUT2D eigenvalue weighted by Gasteiger charge is 2.26. The number of carbonyl (C=O) groups excluding carboxylic acids is 1. The molecule has 0 spiro atoms. The summed E-state index contributed by atoms with van der Waals surface area (Å²) < 4.78 is 11.4. The molecule has 5 nitrogen and oxygen atoms in total. The number of nitrogens with zero attached hydrogens (tertiary/aromatic N) is 2. The number of hydrogen-bond donors (Lipinski definition) is 0. The van der Waals surface area contributed by atoms with Gasteiger partial charge >= 0.3 is 0 Å². The molecule has 0 radical (unpaired) electrons. The maximum atomic E-state index is 13.1. The van der Waals surface area contributed by atoms with Gasteiger partial charge in [0.2, 0.25) is 0 Å². The molecular weight excluding hydrogens is 340 g/mol. The third-order valence-corrected chi connectivity index (χ3v) is 4.85. The van der Waals surface area contributed by atoms with Crippen LogP contribution in [0.2, 0.25) is 0 Å². The topological polar surface area (TPSA) is 51.1 Å². The minimum absolute atomic E-state index is 0.0254. The minimum Gasteiger partial charge on any atom is -0.493 e. The Bertz CT molecular complexity index is 873. The second-order valence-corrected chi connectivity index (χ2v) is 7.27. The Morgan fingerprint density at radius 3 is 2.44 bits per heavy atom. The highest BCUT2D eigenvalue weighted by atomic mass is 16.5. The van der Waals surface area contributed by atoms with Crippen molar-refractivity contribution in [1.29, 1.82) is 0 Å². The summed E-state index contributed by atoms with van der Waals surface area (Å²) in [5, 5.41) is 1.92. The van der Waals surface area contributed by atoms with E-state index in [0.717, 1.165) is 17.2 Å². The first-order chi connectivity index (χ1) is 13.0. The molecule has 0 saturated heterocycles. The summed E-state index contributed by atoms with van der Waals surface area (Å²) in [4.78, 5) is 19.6. The number of carbonyl (C=O) groups is 1.